The number of hydrogen-bond acceptors (Lipinski definition) is 6. The number of pyridine rings is 1. The van der Waals surface area contributed by atoms with Crippen molar-refractivity contribution in [3.8, 4) is 11.8 Å². The van der Waals surface area contributed by atoms with Crippen LogP contribution >= 0.6 is 0 Å². The van der Waals surface area contributed by atoms with Crippen LogP contribution in [0.25, 0.3) is 10.8 Å². The SMILES string of the molecule is CCCCOc1ccc2ccccc2c1/C=N/Nc1nc(C)cc(COC)c1C#N. The van der Waals surface area contributed by atoms with Crippen molar-refractivity contribution in [3.63, 3.8) is 0 Å². The molecule has 0 aliphatic heterocycles. The summed E-state index contributed by atoms with van der Waals surface area (Å²) in [6.45, 7) is 5.00. The number of nitrogens with zero attached hydrogens (tertiary/aromatic N) is 3. The Labute approximate surface area is 177 Å². The van der Waals surface area contributed by atoms with E-state index in [9.17, 15) is 5.26 Å². The van der Waals surface area contributed by atoms with E-state index in [4.69, 9.17) is 9.47 Å². The summed E-state index contributed by atoms with van der Waals surface area (Å²) in [5.74, 6) is 1.19. The molecule has 6 nitrogen and oxygen atoms in total. The fourth-order valence-electron chi connectivity index (χ4n) is 3.23. The first kappa shape index (κ1) is 21.3. The normalized spacial score (nSPS) is 11.0. The minimum atomic E-state index is 0.337. The molecule has 0 fully saturated rings. The van der Waals surface area contributed by atoms with E-state index in [2.05, 4.69) is 34.6 Å². The van der Waals surface area contributed by atoms with Gasteiger partial charge in [-0.05, 0) is 36.2 Å². The number of benzene rings is 2. The Morgan fingerprint density at radius 1 is 1.23 bits per heavy atom. The Balaban J connectivity index is 1.94. The molecule has 0 saturated heterocycles. The lowest BCUT2D eigenvalue weighted by Crippen LogP contribution is -2.04. The summed E-state index contributed by atoms with van der Waals surface area (Å²) in [5.41, 5.74) is 5.81. The number of hydrogen-bond donors (Lipinski definition) is 1. The first-order valence-corrected chi connectivity index (χ1v) is 10.0. The molecule has 1 aromatic heterocycles. The average Bonchev–Trinajstić information content (AvgIpc) is 2.75. The molecule has 0 bridgehead atoms. The molecule has 6 heteroatoms. The summed E-state index contributed by atoms with van der Waals surface area (Å²) in [4.78, 5) is 4.43. The molecular formula is C24H26N4O2. The van der Waals surface area contributed by atoms with Gasteiger partial charge in [-0.1, -0.05) is 43.7 Å². The van der Waals surface area contributed by atoms with E-state index in [0.717, 1.165) is 46.2 Å². The molecule has 0 atom stereocenters. The highest BCUT2D eigenvalue weighted by Crippen LogP contribution is 2.27. The van der Waals surface area contributed by atoms with Crippen LogP contribution < -0.4 is 10.2 Å². The van der Waals surface area contributed by atoms with Crippen LogP contribution in [0.5, 0.6) is 5.75 Å². The summed E-state index contributed by atoms with van der Waals surface area (Å²) in [5, 5.41) is 16.1. The van der Waals surface area contributed by atoms with Crippen LogP contribution in [0.3, 0.4) is 0 Å². The first-order valence-electron chi connectivity index (χ1n) is 10.0. The fraction of sp³-hybridized carbons (Fsp3) is 0.292. The number of aromatic nitrogens is 1. The van der Waals surface area contributed by atoms with E-state index in [1.54, 1.807) is 13.3 Å². The lowest BCUT2D eigenvalue weighted by Gasteiger charge is -2.12. The van der Waals surface area contributed by atoms with Gasteiger partial charge in [0.15, 0.2) is 5.82 Å². The Kier molecular flexibility index (Phi) is 7.36. The molecule has 3 rings (SSSR count). The lowest BCUT2D eigenvalue weighted by atomic mass is 10.0. The van der Waals surface area contributed by atoms with Crippen LogP contribution in [0.2, 0.25) is 0 Å². The smallest absolute Gasteiger partial charge is 0.164 e. The van der Waals surface area contributed by atoms with Crippen molar-refractivity contribution < 1.29 is 9.47 Å². The highest BCUT2D eigenvalue weighted by Gasteiger charge is 2.11. The third-order valence-electron chi connectivity index (χ3n) is 4.69. The van der Waals surface area contributed by atoms with E-state index in [1.165, 1.54) is 0 Å². The van der Waals surface area contributed by atoms with Crippen LogP contribution in [0, 0.1) is 18.3 Å². The predicted octanol–water partition coefficient (Wildman–Crippen LogP) is 5.19. The Hall–Kier alpha value is -3.43. The zero-order valence-electron chi connectivity index (χ0n) is 17.6. The average molecular weight is 402 g/mol. The molecular weight excluding hydrogens is 376 g/mol. The first-order chi connectivity index (χ1) is 14.7. The predicted molar refractivity (Wildman–Crippen MR) is 120 cm³/mol. The second kappa shape index (κ2) is 10.4. The number of methoxy groups -OCH3 is 1. The van der Waals surface area contributed by atoms with Gasteiger partial charge in [0.05, 0.1) is 19.4 Å². The number of rotatable bonds is 9. The van der Waals surface area contributed by atoms with Gasteiger partial charge in [-0.2, -0.15) is 10.4 Å². The summed E-state index contributed by atoms with van der Waals surface area (Å²) in [7, 11) is 1.60. The number of ether oxygens (including phenoxy) is 2. The van der Waals surface area contributed by atoms with E-state index in [1.807, 2.05) is 43.3 Å². The maximum absolute atomic E-state index is 9.58. The summed E-state index contributed by atoms with van der Waals surface area (Å²) in [6, 6.07) is 16.2. The number of hydrazone groups is 1. The molecule has 2 aromatic carbocycles. The molecule has 3 aromatic rings. The van der Waals surface area contributed by atoms with Crippen LogP contribution in [0.15, 0.2) is 47.6 Å². The van der Waals surface area contributed by atoms with Crippen LogP contribution in [-0.2, 0) is 11.3 Å². The summed E-state index contributed by atoms with van der Waals surface area (Å²) in [6.07, 6.45) is 3.78. The van der Waals surface area contributed by atoms with Crippen molar-refractivity contribution in [1.82, 2.24) is 4.98 Å². The molecule has 1 heterocycles. The summed E-state index contributed by atoms with van der Waals surface area (Å²) >= 11 is 0. The highest BCUT2D eigenvalue weighted by atomic mass is 16.5. The third kappa shape index (κ3) is 4.94. The number of nitrogens with one attached hydrogen (secondary N) is 1. The molecule has 0 spiro atoms. The second-order valence-electron chi connectivity index (χ2n) is 6.96. The van der Waals surface area contributed by atoms with Gasteiger partial charge in [0.2, 0.25) is 0 Å². The molecule has 0 radical (unpaired) electrons. The number of fused-ring (bicyclic) bond motifs is 1. The monoisotopic (exact) mass is 402 g/mol. The van der Waals surface area contributed by atoms with E-state index >= 15 is 0 Å². The van der Waals surface area contributed by atoms with Gasteiger partial charge >= 0.3 is 0 Å². The van der Waals surface area contributed by atoms with Crippen molar-refractivity contribution in [1.29, 1.82) is 5.26 Å². The lowest BCUT2D eigenvalue weighted by molar-refractivity contribution is 0.184. The van der Waals surface area contributed by atoms with Crippen molar-refractivity contribution in [2.45, 2.75) is 33.3 Å². The van der Waals surface area contributed by atoms with E-state index in [0.29, 0.717) is 24.6 Å². The van der Waals surface area contributed by atoms with Gasteiger partial charge < -0.3 is 9.47 Å². The number of aryl methyl sites for hydroxylation is 1. The topological polar surface area (TPSA) is 79.5 Å². The maximum Gasteiger partial charge on any atom is 0.164 e. The van der Waals surface area contributed by atoms with Gasteiger partial charge in [0.25, 0.3) is 0 Å². The number of unbranched alkanes of at least 4 members (excludes halogenated alkanes) is 1. The molecule has 0 aliphatic rings. The molecule has 0 amide bonds. The standard InChI is InChI=1S/C24H26N4O2/c1-4-5-12-30-23-11-10-18-8-6-7-9-20(18)22(23)15-26-28-24-21(14-25)19(16-29-3)13-17(2)27-24/h6-11,13,15H,4-5,12,16H2,1-3H3,(H,27,28)/b26-15+. The van der Waals surface area contributed by atoms with Gasteiger partial charge in [0, 0.05) is 23.9 Å². The highest BCUT2D eigenvalue weighted by molar-refractivity contribution is 6.02. The van der Waals surface area contributed by atoms with Crippen molar-refractivity contribution in [2.75, 3.05) is 19.1 Å². The van der Waals surface area contributed by atoms with Gasteiger partial charge in [0.1, 0.15) is 17.4 Å². The van der Waals surface area contributed by atoms with Crippen LogP contribution in [-0.4, -0.2) is 24.9 Å². The van der Waals surface area contributed by atoms with Gasteiger partial charge in [-0.25, -0.2) is 4.98 Å². The molecule has 0 saturated carbocycles. The van der Waals surface area contributed by atoms with E-state index in [-0.39, 0.29) is 0 Å². The van der Waals surface area contributed by atoms with Crippen molar-refractivity contribution in [3.05, 3.63) is 64.8 Å². The minimum Gasteiger partial charge on any atom is -0.493 e. The Morgan fingerprint density at radius 3 is 2.83 bits per heavy atom. The minimum absolute atomic E-state index is 0.337. The molecule has 0 aliphatic carbocycles. The van der Waals surface area contributed by atoms with Crippen molar-refractivity contribution >= 4 is 22.8 Å². The second-order valence-corrected chi connectivity index (χ2v) is 6.96. The molecule has 1 N–H and O–H groups in total. The molecule has 0 unspecified atom stereocenters. The largest absolute Gasteiger partial charge is 0.493 e. The zero-order valence-corrected chi connectivity index (χ0v) is 17.6. The van der Waals surface area contributed by atoms with Crippen LogP contribution in [0.4, 0.5) is 5.82 Å². The molecule has 30 heavy (non-hydrogen) atoms. The van der Waals surface area contributed by atoms with Crippen molar-refractivity contribution in [2.24, 2.45) is 5.10 Å². The number of nitriles is 1. The van der Waals surface area contributed by atoms with Crippen LogP contribution in [0.1, 0.15) is 42.1 Å². The number of anilines is 1. The maximum atomic E-state index is 9.58. The third-order valence-corrected chi connectivity index (χ3v) is 4.69. The van der Waals surface area contributed by atoms with E-state index < -0.39 is 0 Å². The Morgan fingerprint density at radius 2 is 2.07 bits per heavy atom. The Bertz CT molecular complexity index is 1090. The fourth-order valence-corrected chi connectivity index (χ4v) is 3.23. The van der Waals surface area contributed by atoms with Gasteiger partial charge in [-0.3, -0.25) is 5.43 Å². The summed E-state index contributed by atoms with van der Waals surface area (Å²) < 4.78 is 11.2. The van der Waals surface area contributed by atoms with Gasteiger partial charge in [-0.15, -0.1) is 0 Å². The quantitative estimate of drug-likeness (QED) is 0.303. The zero-order chi connectivity index (χ0) is 21.3. The molecule has 154 valence electrons.